The molecule has 1 amide bonds. The minimum absolute atomic E-state index is 0.0697. The number of carbonyl (C=O) groups is 1. The molecule has 0 fully saturated rings. The summed E-state index contributed by atoms with van der Waals surface area (Å²) in [6, 6.07) is 3.94. The standard InChI is InChI=1S/C12H16N4O2/c1-10(2)16-9-15(8-13-16)14-12(17)6-5-11-4-3-7-18-11/h3-4,7-10H,5-6H2,1-2H3/p+1. The van der Waals surface area contributed by atoms with Crippen LogP contribution in [0.25, 0.3) is 0 Å². The highest BCUT2D eigenvalue weighted by Crippen LogP contribution is 2.03. The molecular weight excluding hydrogens is 232 g/mol. The molecule has 0 saturated carbocycles. The van der Waals surface area contributed by atoms with Crippen molar-refractivity contribution in [3.8, 4) is 0 Å². The largest absolute Gasteiger partial charge is 0.469 e. The van der Waals surface area contributed by atoms with Crippen molar-refractivity contribution < 1.29 is 13.9 Å². The second kappa shape index (κ2) is 5.48. The fourth-order valence-electron chi connectivity index (χ4n) is 1.52. The van der Waals surface area contributed by atoms with E-state index in [1.54, 1.807) is 28.3 Å². The number of carbonyl (C=O) groups excluding carboxylic acids is 1. The smallest absolute Gasteiger partial charge is 0.287 e. The van der Waals surface area contributed by atoms with Crippen molar-refractivity contribution in [2.75, 3.05) is 5.43 Å². The van der Waals surface area contributed by atoms with Crippen molar-refractivity contribution >= 4 is 5.91 Å². The summed E-state index contributed by atoms with van der Waals surface area (Å²) < 4.78 is 8.50. The molecule has 0 aliphatic heterocycles. The Morgan fingerprint density at radius 1 is 1.61 bits per heavy atom. The number of aryl methyl sites for hydroxylation is 1. The third-order valence-electron chi connectivity index (χ3n) is 2.51. The average Bonchev–Trinajstić information content (AvgIpc) is 2.96. The lowest BCUT2D eigenvalue weighted by atomic mass is 10.2. The quantitative estimate of drug-likeness (QED) is 0.805. The molecule has 2 aromatic heterocycles. The number of aromatic nitrogens is 3. The number of nitrogens with one attached hydrogen (secondary N) is 1. The minimum Gasteiger partial charge on any atom is -0.469 e. The van der Waals surface area contributed by atoms with Crippen molar-refractivity contribution in [3.05, 3.63) is 36.8 Å². The molecule has 2 heterocycles. The van der Waals surface area contributed by atoms with Crippen molar-refractivity contribution in [2.45, 2.75) is 32.7 Å². The van der Waals surface area contributed by atoms with Gasteiger partial charge in [-0.1, -0.05) is 0 Å². The van der Waals surface area contributed by atoms with Gasteiger partial charge in [0.1, 0.15) is 11.8 Å². The van der Waals surface area contributed by atoms with E-state index in [0.29, 0.717) is 12.8 Å². The third-order valence-corrected chi connectivity index (χ3v) is 2.51. The molecule has 0 atom stereocenters. The van der Waals surface area contributed by atoms with Gasteiger partial charge in [-0.25, -0.2) is 5.43 Å². The van der Waals surface area contributed by atoms with E-state index in [1.807, 2.05) is 26.0 Å². The predicted octanol–water partition coefficient (Wildman–Crippen LogP) is 1.05. The van der Waals surface area contributed by atoms with Crippen LogP contribution in [-0.2, 0) is 11.2 Å². The highest BCUT2D eigenvalue weighted by atomic mass is 16.3. The number of nitrogens with zero attached hydrogens (tertiary/aromatic N) is 3. The summed E-state index contributed by atoms with van der Waals surface area (Å²) in [5, 5.41) is 4.13. The minimum atomic E-state index is -0.0697. The van der Waals surface area contributed by atoms with E-state index in [1.165, 1.54) is 0 Å². The number of hydrogen-bond donors (Lipinski definition) is 1. The first kappa shape index (κ1) is 12.3. The molecule has 6 heteroatoms. The Hall–Kier alpha value is -2.11. The Bertz CT molecular complexity index is 502. The van der Waals surface area contributed by atoms with Crippen molar-refractivity contribution in [1.29, 1.82) is 0 Å². The SMILES string of the molecule is CC(C)n1c[n+](NC(=O)CCc2ccco2)cn1. The topological polar surface area (TPSA) is 63.9 Å². The van der Waals surface area contributed by atoms with Crippen LogP contribution < -0.4 is 10.1 Å². The van der Waals surface area contributed by atoms with Gasteiger partial charge in [0, 0.05) is 17.9 Å². The number of furan rings is 1. The maximum absolute atomic E-state index is 11.7. The van der Waals surface area contributed by atoms with E-state index in [-0.39, 0.29) is 11.9 Å². The molecule has 1 N–H and O–H groups in total. The molecule has 0 spiro atoms. The molecule has 0 radical (unpaired) electrons. The number of amides is 1. The summed E-state index contributed by atoms with van der Waals surface area (Å²) in [4.78, 5) is 11.7. The van der Waals surface area contributed by atoms with Crippen LogP contribution in [0.3, 0.4) is 0 Å². The van der Waals surface area contributed by atoms with Crippen LogP contribution in [0.1, 0.15) is 32.1 Å². The van der Waals surface area contributed by atoms with E-state index >= 15 is 0 Å². The molecule has 0 aromatic carbocycles. The molecule has 96 valence electrons. The van der Waals surface area contributed by atoms with Gasteiger partial charge < -0.3 is 4.42 Å². The summed E-state index contributed by atoms with van der Waals surface area (Å²) in [6.07, 6.45) is 5.90. The van der Waals surface area contributed by atoms with Crippen LogP contribution in [0.15, 0.2) is 35.5 Å². The van der Waals surface area contributed by atoms with Gasteiger partial charge in [0.15, 0.2) is 0 Å². The summed E-state index contributed by atoms with van der Waals surface area (Å²) >= 11 is 0. The Morgan fingerprint density at radius 3 is 3.06 bits per heavy atom. The second-order valence-electron chi connectivity index (χ2n) is 4.34. The van der Waals surface area contributed by atoms with E-state index in [9.17, 15) is 4.79 Å². The van der Waals surface area contributed by atoms with Crippen LogP contribution in [-0.4, -0.2) is 15.7 Å². The van der Waals surface area contributed by atoms with Gasteiger partial charge in [0.25, 0.3) is 6.33 Å². The molecule has 0 aliphatic rings. The highest BCUT2D eigenvalue weighted by Gasteiger charge is 2.11. The van der Waals surface area contributed by atoms with Crippen LogP contribution in [0.5, 0.6) is 0 Å². The Balaban J connectivity index is 1.83. The van der Waals surface area contributed by atoms with E-state index in [0.717, 1.165) is 5.76 Å². The maximum atomic E-state index is 11.7. The molecule has 0 saturated heterocycles. The Labute approximate surface area is 105 Å². The van der Waals surface area contributed by atoms with Gasteiger partial charge in [0.05, 0.1) is 6.26 Å². The Morgan fingerprint density at radius 2 is 2.44 bits per heavy atom. The van der Waals surface area contributed by atoms with E-state index in [2.05, 4.69) is 10.5 Å². The zero-order valence-corrected chi connectivity index (χ0v) is 10.5. The molecule has 0 aliphatic carbocycles. The molecule has 18 heavy (non-hydrogen) atoms. The molecule has 0 bridgehead atoms. The lowest BCUT2D eigenvalue weighted by Gasteiger charge is -1.99. The van der Waals surface area contributed by atoms with Crippen LogP contribution in [0, 0.1) is 0 Å². The lowest BCUT2D eigenvalue weighted by molar-refractivity contribution is -0.643. The maximum Gasteiger partial charge on any atom is 0.287 e. The zero-order chi connectivity index (χ0) is 13.0. The Kier molecular flexibility index (Phi) is 3.76. The zero-order valence-electron chi connectivity index (χ0n) is 10.5. The molecule has 0 unspecified atom stereocenters. The van der Waals surface area contributed by atoms with Gasteiger partial charge in [-0.3, -0.25) is 4.79 Å². The van der Waals surface area contributed by atoms with Gasteiger partial charge >= 0.3 is 0 Å². The van der Waals surface area contributed by atoms with Crippen LogP contribution in [0.2, 0.25) is 0 Å². The fourth-order valence-corrected chi connectivity index (χ4v) is 1.52. The van der Waals surface area contributed by atoms with Gasteiger partial charge in [-0.05, 0) is 26.0 Å². The van der Waals surface area contributed by atoms with E-state index in [4.69, 9.17) is 4.42 Å². The summed E-state index contributed by atoms with van der Waals surface area (Å²) in [7, 11) is 0. The van der Waals surface area contributed by atoms with Crippen LogP contribution >= 0.6 is 0 Å². The molecule has 6 nitrogen and oxygen atoms in total. The van der Waals surface area contributed by atoms with Gasteiger partial charge in [0.2, 0.25) is 12.2 Å². The first-order valence-electron chi connectivity index (χ1n) is 5.93. The van der Waals surface area contributed by atoms with Gasteiger partial charge in [-0.15, -0.1) is 9.36 Å². The van der Waals surface area contributed by atoms with E-state index < -0.39 is 0 Å². The first-order chi connectivity index (χ1) is 8.65. The number of hydrogen-bond acceptors (Lipinski definition) is 3. The molecular formula is C12H17N4O2+. The summed E-state index contributed by atoms with van der Waals surface area (Å²) in [5.41, 5.74) is 2.73. The predicted molar refractivity (Wildman–Crippen MR) is 64.2 cm³/mol. The normalized spacial score (nSPS) is 10.8. The summed E-state index contributed by atoms with van der Waals surface area (Å²) in [5.74, 6) is 0.743. The van der Waals surface area contributed by atoms with Crippen molar-refractivity contribution in [1.82, 2.24) is 9.78 Å². The third kappa shape index (κ3) is 3.19. The fraction of sp³-hybridized carbons (Fsp3) is 0.417. The molecule has 2 aromatic rings. The van der Waals surface area contributed by atoms with Crippen molar-refractivity contribution in [2.24, 2.45) is 0 Å². The average molecular weight is 249 g/mol. The number of rotatable bonds is 5. The van der Waals surface area contributed by atoms with Gasteiger partial charge in [-0.2, -0.15) is 0 Å². The monoisotopic (exact) mass is 249 g/mol. The first-order valence-corrected chi connectivity index (χ1v) is 5.93. The van der Waals surface area contributed by atoms with Crippen LogP contribution in [0.4, 0.5) is 0 Å². The summed E-state index contributed by atoms with van der Waals surface area (Å²) in [6.45, 7) is 4.05. The van der Waals surface area contributed by atoms with Crippen molar-refractivity contribution in [3.63, 3.8) is 0 Å². The lowest BCUT2D eigenvalue weighted by Crippen LogP contribution is -2.46. The second-order valence-corrected chi connectivity index (χ2v) is 4.34. The highest BCUT2D eigenvalue weighted by molar-refractivity contribution is 5.81. The molecule has 2 rings (SSSR count).